The molecule has 0 N–H and O–H groups in total. The van der Waals surface area contributed by atoms with E-state index in [1.54, 1.807) is 13.3 Å². The van der Waals surface area contributed by atoms with Crippen molar-refractivity contribution in [1.82, 2.24) is 19.9 Å². The van der Waals surface area contributed by atoms with Crippen molar-refractivity contribution < 1.29 is 9.13 Å². The topological polar surface area (TPSA) is 54.4 Å². The quantitative estimate of drug-likeness (QED) is 0.555. The number of aromatic nitrogens is 3. The predicted molar refractivity (Wildman–Crippen MR) is 124 cm³/mol. The van der Waals surface area contributed by atoms with Crippen LogP contribution in [0.4, 0.5) is 10.3 Å². The van der Waals surface area contributed by atoms with Crippen LogP contribution in [0.15, 0.2) is 42.9 Å². The Morgan fingerprint density at radius 1 is 1.16 bits per heavy atom. The molecule has 32 heavy (non-hydrogen) atoms. The second-order valence-corrected chi connectivity index (χ2v) is 8.49. The van der Waals surface area contributed by atoms with Crippen molar-refractivity contribution in [2.75, 3.05) is 32.6 Å². The number of hydrogen-bond acceptors (Lipinski definition) is 6. The number of pyridine rings is 1. The van der Waals surface area contributed by atoms with Gasteiger partial charge in [-0.2, -0.15) is 0 Å². The lowest BCUT2D eigenvalue weighted by atomic mass is 9.92. The third-order valence-corrected chi connectivity index (χ3v) is 6.08. The maximum Gasteiger partial charge on any atom is 0.225 e. The molecule has 0 aliphatic carbocycles. The van der Waals surface area contributed by atoms with E-state index in [0.717, 1.165) is 48.2 Å². The van der Waals surface area contributed by atoms with Crippen molar-refractivity contribution in [3.63, 3.8) is 0 Å². The summed E-state index contributed by atoms with van der Waals surface area (Å²) in [6.45, 7) is 3.47. The van der Waals surface area contributed by atoms with E-state index < -0.39 is 0 Å². The fraction of sp³-hybridized carbons (Fsp3) is 0.400. The highest BCUT2D eigenvalue weighted by molar-refractivity contribution is 5.69. The molecule has 1 saturated heterocycles. The predicted octanol–water partition coefficient (Wildman–Crippen LogP) is 4.79. The van der Waals surface area contributed by atoms with Crippen molar-refractivity contribution in [2.24, 2.45) is 0 Å². The van der Waals surface area contributed by atoms with Gasteiger partial charge in [-0.1, -0.05) is 12.5 Å². The van der Waals surface area contributed by atoms with Gasteiger partial charge in [-0.05, 0) is 49.6 Å². The second-order valence-electron chi connectivity index (χ2n) is 8.49. The molecule has 0 radical (unpaired) electrons. The summed E-state index contributed by atoms with van der Waals surface area (Å²) in [5.74, 6) is 0.968. The summed E-state index contributed by atoms with van der Waals surface area (Å²) in [5.41, 5.74) is 4.84. The Morgan fingerprint density at radius 3 is 2.72 bits per heavy atom. The monoisotopic (exact) mass is 435 g/mol. The van der Waals surface area contributed by atoms with Gasteiger partial charge in [0.15, 0.2) is 0 Å². The van der Waals surface area contributed by atoms with E-state index >= 15 is 0 Å². The zero-order valence-corrected chi connectivity index (χ0v) is 19.2. The summed E-state index contributed by atoms with van der Waals surface area (Å²) in [6.07, 6.45) is 8.76. The Bertz CT molecular complexity index is 1090. The van der Waals surface area contributed by atoms with E-state index in [1.807, 2.05) is 49.6 Å². The van der Waals surface area contributed by atoms with Gasteiger partial charge in [0.25, 0.3) is 0 Å². The van der Waals surface area contributed by atoms with E-state index in [-0.39, 0.29) is 11.9 Å². The standard InChI is InChI=1S/C25H30FN5O/c1-17-14-27-11-10-20(17)21-15-28-25(30(2)3)29-24(21)23-7-5-6-12-31(23)16-18-8-9-19(32-4)13-22(18)26/h8-11,13-15,23H,5-7,12,16H2,1-4H3/t23-/m1/s1. The molecule has 0 spiro atoms. The SMILES string of the molecule is COc1ccc(CN2CCCC[C@@H]2c2nc(N(C)C)ncc2-c2ccncc2C)c(F)c1. The zero-order chi connectivity index (χ0) is 22.7. The molecule has 1 atom stereocenters. The van der Waals surface area contributed by atoms with Gasteiger partial charge in [-0.3, -0.25) is 9.88 Å². The molecule has 0 bridgehead atoms. The van der Waals surface area contributed by atoms with Gasteiger partial charge in [0.2, 0.25) is 5.95 Å². The van der Waals surface area contributed by atoms with Gasteiger partial charge in [0.05, 0.1) is 18.8 Å². The molecule has 3 aromatic rings. The van der Waals surface area contributed by atoms with Crippen LogP contribution in [-0.4, -0.2) is 47.6 Å². The Balaban J connectivity index is 1.75. The molecule has 0 amide bonds. The average Bonchev–Trinajstić information content (AvgIpc) is 2.80. The smallest absolute Gasteiger partial charge is 0.225 e. The number of nitrogens with zero attached hydrogens (tertiary/aromatic N) is 5. The zero-order valence-electron chi connectivity index (χ0n) is 19.2. The number of hydrogen-bond donors (Lipinski definition) is 0. The fourth-order valence-electron chi connectivity index (χ4n) is 4.33. The fourth-order valence-corrected chi connectivity index (χ4v) is 4.33. The number of aryl methyl sites for hydroxylation is 1. The lowest BCUT2D eigenvalue weighted by Crippen LogP contribution is -2.34. The minimum atomic E-state index is -0.240. The summed E-state index contributed by atoms with van der Waals surface area (Å²) in [4.78, 5) is 18.1. The molecule has 0 saturated carbocycles. The Morgan fingerprint density at radius 2 is 2.00 bits per heavy atom. The Labute approximate surface area is 189 Å². The summed E-state index contributed by atoms with van der Waals surface area (Å²) in [6, 6.07) is 7.18. The van der Waals surface area contributed by atoms with Crippen molar-refractivity contribution in [3.8, 4) is 16.9 Å². The first-order valence-corrected chi connectivity index (χ1v) is 11.0. The van der Waals surface area contributed by atoms with Crippen LogP contribution in [0.2, 0.25) is 0 Å². The number of ether oxygens (including phenoxy) is 1. The molecule has 168 valence electrons. The van der Waals surface area contributed by atoms with Crippen molar-refractivity contribution in [2.45, 2.75) is 38.8 Å². The van der Waals surface area contributed by atoms with Crippen LogP contribution in [0.1, 0.15) is 42.1 Å². The highest BCUT2D eigenvalue weighted by Crippen LogP contribution is 2.38. The van der Waals surface area contributed by atoms with Gasteiger partial charge in [-0.25, -0.2) is 14.4 Å². The normalized spacial score (nSPS) is 16.7. The maximum atomic E-state index is 14.7. The van der Waals surface area contributed by atoms with E-state index in [2.05, 4.69) is 21.8 Å². The highest BCUT2D eigenvalue weighted by atomic mass is 19.1. The third kappa shape index (κ3) is 4.58. The molecule has 0 unspecified atom stereocenters. The molecule has 1 aliphatic heterocycles. The summed E-state index contributed by atoms with van der Waals surface area (Å²) >= 11 is 0. The van der Waals surface area contributed by atoms with Crippen LogP contribution < -0.4 is 9.64 Å². The minimum Gasteiger partial charge on any atom is -0.497 e. The molecular weight excluding hydrogens is 405 g/mol. The van der Waals surface area contributed by atoms with Crippen LogP contribution in [-0.2, 0) is 6.54 Å². The number of halogens is 1. The first-order chi connectivity index (χ1) is 15.5. The highest BCUT2D eigenvalue weighted by Gasteiger charge is 2.29. The molecule has 7 heteroatoms. The number of piperidine rings is 1. The van der Waals surface area contributed by atoms with Crippen LogP contribution in [0.3, 0.4) is 0 Å². The molecule has 1 aliphatic rings. The molecule has 1 aromatic carbocycles. The second kappa shape index (κ2) is 9.61. The van der Waals surface area contributed by atoms with Gasteiger partial charge in [0, 0.05) is 56.4 Å². The lowest BCUT2D eigenvalue weighted by Gasteiger charge is -2.36. The van der Waals surface area contributed by atoms with E-state index in [1.165, 1.54) is 6.07 Å². The van der Waals surface area contributed by atoms with Gasteiger partial charge in [0.1, 0.15) is 11.6 Å². The van der Waals surface area contributed by atoms with Crippen molar-refractivity contribution in [1.29, 1.82) is 0 Å². The van der Waals surface area contributed by atoms with Crippen LogP contribution in [0, 0.1) is 12.7 Å². The summed E-state index contributed by atoms with van der Waals surface area (Å²) in [7, 11) is 5.44. The molecule has 1 fully saturated rings. The average molecular weight is 436 g/mol. The van der Waals surface area contributed by atoms with E-state index in [4.69, 9.17) is 9.72 Å². The molecular formula is C25H30FN5O. The molecule has 6 nitrogen and oxygen atoms in total. The Kier molecular flexibility index (Phi) is 6.65. The van der Waals surface area contributed by atoms with Crippen molar-refractivity contribution in [3.05, 3.63) is 65.5 Å². The van der Waals surface area contributed by atoms with E-state index in [0.29, 0.717) is 23.8 Å². The van der Waals surface area contributed by atoms with Crippen LogP contribution in [0.25, 0.3) is 11.1 Å². The largest absolute Gasteiger partial charge is 0.497 e. The van der Waals surface area contributed by atoms with Gasteiger partial charge >= 0.3 is 0 Å². The maximum absolute atomic E-state index is 14.7. The van der Waals surface area contributed by atoms with Crippen LogP contribution >= 0.6 is 0 Å². The number of benzene rings is 1. The molecule has 3 heterocycles. The number of methoxy groups -OCH3 is 1. The minimum absolute atomic E-state index is 0.0783. The number of rotatable bonds is 6. The van der Waals surface area contributed by atoms with Crippen LogP contribution in [0.5, 0.6) is 5.75 Å². The number of likely N-dealkylation sites (tertiary alicyclic amines) is 1. The third-order valence-electron chi connectivity index (χ3n) is 6.08. The van der Waals surface area contributed by atoms with Gasteiger partial charge < -0.3 is 9.64 Å². The summed E-state index contributed by atoms with van der Waals surface area (Å²) in [5, 5.41) is 0. The van der Waals surface area contributed by atoms with Gasteiger partial charge in [-0.15, -0.1) is 0 Å². The van der Waals surface area contributed by atoms with Crippen molar-refractivity contribution >= 4 is 5.95 Å². The Hall–Kier alpha value is -3.06. The lowest BCUT2D eigenvalue weighted by molar-refractivity contribution is 0.136. The first-order valence-electron chi connectivity index (χ1n) is 11.0. The van der Waals surface area contributed by atoms with E-state index in [9.17, 15) is 4.39 Å². The molecule has 4 rings (SSSR count). The first kappa shape index (κ1) is 22.1. The molecule has 2 aromatic heterocycles. The summed E-state index contributed by atoms with van der Waals surface area (Å²) < 4.78 is 19.9. The number of anilines is 1.